The van der Waals surface area contributed by atoms with Gasteiger partial charge in [0.15, 0.2) is 0 Å². The third kappa shape index (κ3) is 3.84. The zero-order valence-electron chi connectivity index (χ0n) is 10.7. The van der Waals surface area contributed by atoms with Gasteiger partial charge in [-0.15, -0.1) is 0 Å². The van der Waals surface area contributed by atoms with Crippen LogP contribution in [0.4, 0.5) is 4.39 Å². The van der Waals surface area contributed by atoms with Gasteiger partial charge in [-0.2, -0.15) is 10.5 Å². The summed E-state index contributed by atoms with van der Waals surface area (Å²) in [6, 6.07) is 8.51. The van der Waals surface area contributed by atoms with Gasteiger partial charge >= 0.3 is 0 Å². The molecule has 0 aliphatic rings. The lowest BCUT2D eigenvalue weighted by Gasteiger charge is -2.21. The second kappa shape index (κ2) is 6.74. The summed E-state index contributed by atoms with van der Waals surface area (Å²) in [5.74, 6) is -0.399. The van der Waals surface area contributed by atoms with Crippen LogP contribution in [-0.2, 0) is 6.54 Å². The van der Waals surface area contributed by atoms with Crippen molar-refractivity contribution in [3.8, 4) is 12.1 Å². The average molecular weight is 245 g/mol. The Morgan fingerprint density at radius 1 is 1.39 bits per heavy atom. The Labute approximate surface area is 107 Å². The number of halogens is 1. The predicted molar refractivity (Wildman–Crippen MR) is 66.8 cm³/mol. The molecule has 0 radical (unpaired) electrons. The Hall–Kier alpha value is -1.91. The third-order valence-corrected chi connectivity index (χ3v) is 2.77. The van der Waals surface area contributed by atoms with Crippen molar-refractivity contribution in [1.82, 2.24) is 4.90 Å². The number of nitrogens with zero attached hydrogens (tertiary/aromatic N) is 3. The van der Waals surface area contributed by atoms with Crippen molar-refractivity contribution in [3.05, 3.63) is 35.1 Å². The highest BCUT2D eigenvalue weighted by Gasteiger charge is 2.11. The Balaban J connectivity index is 2.82. The van der Waals surface area contributed by atoms with E-state index in [1.165, 1.54) is 12.1 Å². The van der Waals surface area contributed by atoms with E-state index in [-0.39, 0.29) is 11.7 Å². The van der Waals surface area contributed by atoms with Crippen molar-refractivity contribution >= 4 is 0 Å². The molecule has 1 atom stereocenters. The van der Waals surface area contributed by atoms with Crippen LogP contribution >= 0.6 is 0 Å². The van der Waals surface area contributed by atoms with Gasteiger partial charge in [0.1, 0.15) is 5.82 Å². The second-order valence-corrected chi connectivity index (χ2v) is 4.28. The van der Waals surface area contributed by atoms with Gasteiger partial charge in [-0.05, 0) is 31.7 Å². The van der Waals surface area contributed by atoms with Crippen LogP contribution in [0.5, 0.6) is 0 Å². The monoisotopic (exact) mass is 245 g/mol. The van der Waals surface area contributed by atoms with E-state index in [0.29, 0.717) is 24.2 Å². The van der Waals surface area contributed by atoms with E-state index in [2.05, 4.69) is 6.07 Å². The minimum atomic E-state index is -0.308. The van der Waals surface area contributed by atoms with E-state index in [0.717, 1.165) is 6.54 Å². The van der Waals surface area contributed by atoms with Crippen molar-refractivity contribution in [1.29, 1.82) is 10.5 Å². The van der Waals surface area contributed by atoms with Crippen molar-refractivity contribution in [2.75, 3.05) is 13.1 Å². The smallest absolute Gasteiger partial charge is 0.127 e. The normalized spacial score (nSPS) is 11.9. The Bertz CT molecular complexity index is 485. The quantitative estimate of drug-likeness (QED) is 0.801. The van der Waals surface area contributed by atoms with Gasteiger partial charge in [-0.25, -0.2) is 4.39 Å². The Morgan fingerprint density at radius 2 is 2.11 bits per heavy atom. The van der Waals surface area contributed by atoms with Gasteiger partial charge in [-0.3, -0.25) is 4.90 Å². The largest absolute Gasteiger partial charge is 0.298 e. The molecule has 0 fully saturated rings. The van der Waals surface area contributed by atoms with Crippen LogP contribution < -0.4 is 0 Å². The molecule has 0 saturated carbocycles. The van der Waals surface area contributed by atoms with Gasteiger partial charge in [0, 0.05) is 18.7 Å². The van der Waals surface area contributed by atoms with Crippen LogP contribution in [0, 0.1) is 34.4 Å². The molecule has 0 N–H and O–H groups in total. The van der Waals surface area contributed by atoms with Gasteiger partial charge in [0.25, 0.3) is 0 Å². The van der Waals surface area contributed by atoms with Crippen LogP contribution in [-0.4, -0.2) is 18.0 Å². The number of benzene rings is 1. The number of rotatable bonds is 5. The molecule has 1 unspecified atom stereocenters. The molecular weight excluding hydrogens is 229 g/mol. The molecule has 1 aromatic carbocycles. The van der Waals surface area contributed by atoms with Crippen molar-refractivity contribution < 1.29 is 4.39 Å². The van der Waals surface area contributed by atoms with Crippen LogP contribution in [0.3, 0.4) is 0 Å². The first kappa shape index (κ1) is 14.2. The van der Waals surface area contributed by atoms with Crippen LogP contribution in [0.2, 0.25) is 0 Å². The summed E-state index contributed by atoms with van der Waals surface area (Å²) in [6.07, 6.45) is 0. The van der Waals surface area contributed by atoms with Gasteiger partial charge in [-0.1, -0.05) is 6.92 Å². The minimum absolute atomic E-state index is 0.0906. The summed E-state index contributed by atoms with van der Waals surface area (Å²) >= 11 is 0. The molecule has 0 aliphatic carbocycles. The fourth-order valence-corrected chi connectivity index (χ4v) is 1.74. The first-order valence-electron chi connectivity index (χ1n) is 5.91. The standard InChI is InChI=1S/C14H16FN3/c1-3-18(9-11(2)7-16)10-13-6-12(8-17)4-5-14(13)15/h4-6,11H,3,9-10H2,1-2H3. The molecule has 94 valence electrons. The molecule has 3 nitrogen and oxygen atoms in total. The highest BCUT2D eigenvalue weighted by Crippen LogP contribution is 2.13. The number of nitriles is 2. The van der Waals surface area contributed by atoms with E-state index in [1.807, 2.05) is 24.8 Å². The molecule has 0 aliphatic heterocycles. The molecule has 0 saturated heterocycles. The van der Waals surface area contributed by atoms with Crippen LogP contribution in [0.15, 0.2) is 18.2 Å². The maximum atomic E-state index is 13.6. The molecule has 0 aromatic heterocycles. The topological polar surface area (TPSA) is 50.8 Å². The Kier molecular flexibility index (Phi) is 5.30. The summed E-state index contributed by atoms with van der Waals surface area (Å²) in [5.41, 5.74) is 0.955. The summed E-state index contributed by atoms with van der Waals surface area (Å²) in [7, 11) is 0. The van der Waals surface area contributed by atoms with Crippen LogP contribution in [0.1, 0.15) is 25.0 Å². The molecule has 18 heavy (non-hydrogen) atoms. The second-order valence-electron chi connectivity index (χ2n) is 4.28. The van der Waals surface area contributed by atoms with Gasteiger partial charge < -0.3 is 0 Å². The van der Waals surface area contributed by atoms with E-state index >= 15 is 0 Å². The zero-order valence-corrected chi connectivity index (χ0v) is 10.7. The number of hydrogen-bond acceptors (Lipinski definition) is 3. The van der Waals surface area contributed by atoms with Crippen molar-refractivity contribution in [3.63, 3.8) is 0 Å². The molecule has 1 aromatic rings. The van der Waals surface area contributed by atoms with E-state index in [1.54, 1.807) is 6.07 Å². The fourth-order valence-electron chi connectivity index (χ4n) is 1.74. The molecule has 0 spiro atoms. The lowest BCUT2D eigenvalue weighted by atomic mass is 10.1. The van der Waals surface area contributed by atoms with E-state index in [9.17, 15) is 4.39 Å². The summed E-state index contributed by atoms with van der Waals surface area (Å²) in [4.78, 5) is 1.99. The molecule has 1 rings (SSSR count). The SMILES string of the molecule is CCN(Cc1cc(C#N)ccc1F)CC(C)C#N. The highest BCUT2D eigenvalue weighted by atomic mass is 19.1. The molecule has 0 bridgehead atoms. The summed E-state index contributed by atoms with van der Waals surface area (Å²) in [6.45, 7) is 5.57. The van der Waals surface area contributed by atoms with Gasteiger partial charge in [0.2, 0.25) is 0 Å². The first-order valence-corrected chi connectivity index (χ1v) is 5.91. The van der Waals surface area contributed by atoms with Crippen LogP contribution in [0.25, 0.3) is 0 Å². The van der Waals surface area contributed by atoms with E-state index in [4.69, 9.17) is 10.5 Å². The lowest BCUT2D eigenvalue weighted by Crippen LogP contribution is -2.28. The molecule has 4 heteroatoms. The molecular formula is C14H16FN3. The number of hydrogen-bond donors (Lipinski definition) is 0. The maximum absolute atomic E-state index is 13.6. The average Bonchev–Trinajstić information content (AvgIpc) is 2.39. The fraction of sp³-hybridized carbons (Fsp3) is 0.429. The summed E-state index contributed by atoms with van der Waals surface area (Å²) in [5, 5.41) is 17.6. The third-order valence-electron chi connectivity index (χ3n) is 2.77. The zero-order chi connectivity index (χ0) is 13.5. The first-order chi connectivity index (χ1) is 8.60. The highest BCUT2D eigenvalue weighted by molar-refractivity contribution is 5.33. The van der Waals surface area contributed by atoms with Crippen molar-refractivity contribution in [2.45, 2.75) is 20.4 Å². The maximum Gasteiger partial charge on any atom is 0.127 e. The minimum Gasteiger partial charge on any atom is -0.298 e. The molecule has 0 heterocycles. The Morgan fingerprint density at radius 3 is 2.67 bits per heavy atom. The van der Waals surface area contributed by atoms with Crippen molar-refractivity contribution in [2.24, 2.45) is 5.92 Å². The van der Waals surface area contributed by atoms with E-state index < -0.39 is 0 Å². The summed E-state index contributed by atoms with van der Waals surface area (Å²) < 4.78 is 13.6. The molecule has 0 amide bonds. The predicted octanol–water partition coefficient (Wildman–Crippen LogP) is 2.68. The van der Waals surface area contributed by atoms with Gasteiger partial charge in [0.05, 0.1) is 23.6 Å². The lowest BCUT2D eigenvalue weighted by molar-refractivity contribution is 0.257.